The molecule has 3 rings (SSSR count). The van der Waals surface area contributed by atoms with E-state index in [1.807, 2.05) is 44.2 Å². The lowest BCUT2D eigenvalue weighted by Crippen LogP contribution is -2.53. The summed E-state index contributed by atoms with van der Waals surface area (Å²) in [5, 5.41) is 3.85. The van der Waals surface area contributed by atoms with E-state index in [0.717, 1.165) is 16.1 Å². The fourth-order valence-electron chi connectivity index (χ4n) is 4.11. The van der Waals surface area contributed by atoms with E-state index in [1.54, 1.807) is 24.3 Å². The van der Waals surface area contributed by atoms with E-state index in [4.69, 9.17) is 34.8 Å². The van der Waals surface area contributed by atoms with Gasteiger partial charge in [-0.1, -0.05) is 91.1 Å². The first kappa shape index (κ1) is 31.7. The number of anilines is 1. The van der Waals surface area contributed by atoms with Crippen LogP contribution >= 0.6 is 34.8 Å². The standard InChI is InChI=1S/C29H32Cl3N3O4S/c1-20(2)17-33-29(37)27(13-21-8-5-4-6-9-21)34(18-22-10-7-11-23(30)12-22)28(36)19-35(40(3,38)39)26-15-24(31)14-25(32)16-26/h4-12,14-16,20,27H,13,17-19H2,1-3H3,(H,33,37). The van der Waals surface area contributed by atoms with E-state index in [2.05, 4.69) is 5.32 Å². The van der Waals surface area contributed by atoms with Crippen LogP contribution in [0.25, 0.3) is 0 Å². The quantitative estimate of drug-likeness (QED) is 0.275. The van der Waals surface area contributed by atoms with Gasteiger partial charge in [-0.2, -0.15) is 0 Å². The van der Waals surface area contributed by atoms with E-state index in [0.29, 0.717) is 17.1 Å². The summed E-state index contributed by atoms with van der Waals surface area (Å²) < 4.78 is 26.7. The van der Waals surface area contributed by atoms with Crippen molar-refractivity contribution in [3.05, 3.63) is 99.0 Å². The van der Waals surface area contributed by atoms with Gasteiger partial charge in [-0.25, -0.2) is 8.42 Å². The first-order valence-electron chi connectivity index (χ1n) is 12.6. The minimum atomic E-state index is -3.94. The lowest BCUT2D eigenvalue weighted by Gasteiger charge is -2.33. The van der Waals surface area contributed by atoms with E-state index in [-0.39, 0.29) is 40.5 Å². The molecule has 0 radical (unpaired) electrons. The van der Waals surface area contributed by atoms with E-state index in [9.17, 15) is 18.0 Å². The van der Waals surface area contributed by atoms with Gasteiger partial charge >= 0.3 is 0 Å². The predicted octanol–water partition coefficient (Wildman–Crippen LogP) is 5.83. The molecule has 214 valence electrons. The summed E-state index contributed by atoms with van der Waals surface area (Å²) >= 11 is 18.5. The summed E-state index contributed by atoms with van der Waals surface area (Å²) in [7, 11) is -3.94. The summed E-state index contributed by atoms with van der Waals surface area (Å²) in [5.41, 5.74) is 1.67. The topological polar surface area (TPSA) is 86.8 Å². The second-order valence-electron chi connectivity index (χ2n) is 9.89. The summed E-state index contributed by atoms with van der Waals surface area (Å²) in [5.74, 6) is -0.738. The fraction of sp³-hybridized carbons (Fsp3) is 0.310. The van der Waals surface area contributed by atoms with Crippen LogP contribution in [0.2, 0.25) is 15.1 Å². The summed E-state index contributed by atoms with van der Waals surface area (Å²) in [6, 6.07) is 19.7. The molecule has 0 spiro atoms. The largest absolute Gasteiger partial charge is 0.354 e. The van der Waals surface area contributed by atoms with Crippen LogP contribution in [-0.2, 0) is 32.6 Å². The molecule has 0 heterocycles. The van der Waals surface area contributed by atoms with Crippen molar-refractivity contribution in [1.29, 1.82) is 0 Å². The zero-order valence-electron chi connectivity index (χ0n) is 22.5. The molecule has 0 saturated carbocycles. The number of amides is 2. The molecule has 2 amide bonds. The first-order valence-corrected chi connectivity index (χ1v) is 15.6. The van der Waals surface area contributed by atoms with Crippen molar-refractivity contribution in [2.24, 2.45) is 5.92 Å². The summed E-state index contributed by atoms with van der Waals surface area (Å²) in [6.45, 7) is 3.82. The third-order valence-electron chi connectivity index (χ3n) is 6.01. The molecule has 1 unspecified atom stereocenters. The average molecular weight is 625 g/mol. The molecular formula is C29H32Cl3N3O4S. The summed E-state index contributed by atoms with van der Waals surface area (Å²) in [6.07, 6.45) is 1.21. The number of rotatable bonds is 12. The molecule has 0 bridgehead atoms. The third-order valence-corrected chi connectivity index (χ3v) is 7.82. The molecule has 3 aromatic carbocycles. The molecule has 0 saturated heterocycles. The smallest absolute Gasteiger partial charge is 0.244 e. The highest BCUT2D eigenvalue weighted by Gasteiger charge is 2.33. The zero-order valence-corrected chi connectivity index (χ0v) is 25.6. The Bertz CT molecular complexity index is 1420. The monoisotopic (exact) mass is 623 g/mol. The molecule has 0 aliphatic carbocycles. The van der Waals surface area contributed by atoms with Crippen molar-refractivity contribution in [1.82, 2.24) is 10.2 Å². The Labute approximate surface area is 251 Å². The van der Waals surface area contributed by atoms with Crippen LogP contribution in [0.1, 0.15) is 25.0 Å². The maximum Gasteiger partial charge on any atom is 0.244 e. The number of carbonyl (C=O) groups is 2. The number of hydrogen-bond donors (Lipinski definition) is 1. The van der Waals surface area contributed by atoms with Gasteiger partial charge in [0.2, 0.25) is 21.8 Å². The molecule has 40 heavy (non-hydrogen) atoms. The Morgan fingerprint density at radius 1 is 0.850 bits per heavy atom. The van der Waals surface area contributed by atoms with E-state index >= 15 is 0 Å². The van der Waals surface area contributed by atoms with Gasteiger partial charge in [-0.3, -0.25) is 13.9 Å². The van der Waals surface area contributed by atoms with Crippen LogP contribution in [0, 0.1) is 5.92 Å². The van der Waals surface area contributed by atoms with Gasteiger partial charge in [-0.05, 0) is 47.4 Å². The van der Waals surface area contributed by atoms with E-state index in [1.165, 1.54) is 23.1 Å². The van der Waals surface area contributed by atoms with Crippen LogP contribution in [0.3, 0.4) is 0 Å². The Hall–Kier alpha value is -2.78. The molecule has 11 heteroatoms. The molecule has 1 N–H and O–H groups in total. The molecule has 7 nitrogen and oxygen atoms in total. The minimum absolute atomic E-state index is 0.0277. The van der Waals surface area contributed by atoms with Crippen LogP contribution in [0.4, 0.5) is 5.69 Å². The Morgan fingerprint density at radius 2 is 1.48 bits per heavy atom. The molecule has 0 aromatic heterocycles. The maximum atomic E-state index is 14.0. The number of benzene rings is 3. The molecule has 0 fully saturated rings. The van der Waals surface area contributed by atoms with Gasteiger partial charge < -0.3 is 10.2 Å². The second kappa shape index (κ2) is 14.2. The summed E-state index contributed by atoms with van der Waals surface area (Å²) in [4.78, 5) is 29.0. The minimum Gasteiger partial charge on any atom is -0.354 e. The lowest BCUT2D eigenvalue weighted by atomic mass is 10.0. The van der Waals surface area contributed by atoms with Crippen LogP contribution in [0.15, 0.2) is 72.8 Å². The second-order valence-corrected chi connectivity index (χ2v) is 13.1. The normalized spacial score (nSPS) is 12.2. The predicted molar refractivity (Wildman–Crippen MR) is 162 cm³/mol. The zero-order chi connectivity index (χ0) is 29.4. The number of carbonyl (C=O) groups excluding carboxylic acids is 2. The van der Waals surface area contributed by atoms with Gasteiger partial charge in [0, 0.05) is 34.6 Å². The highest BCUT2D eigenvalue weighted by atomic mass is 35.5. The number of sulfonamides is 1. The van der Waals surface area contributed by atoms with Gasteiger partial charge in [0.15, 0.2) is 0 Å². The Balaban J connectivity index is 2.06. The highest BCUT2D eigenvalue weighted by molar-refractivity contribution is 7.92. The van der Waals surface area contributed by atoms with Crippen molar-refractivity contribution in [3.8, 4) is 0 Å². The molecule has 0 aliphatic rings. The highest BCUT2D eigenvalue weighted by Crippen LogP contribution is 2.27. The molecular weight excluding hydrogens is 593 g/mol. The van der Waals surface area contributed by atoms with Gasteiger partial charge in [0.1, 0.15) is 12.6 Å². The van der Waals surface area contributed by atoms with Crippen LogP contribution in [0.5, 0.6) is 0 Å². The fourth-order valence-corrected chi connectivity index (χ4v) is 5.67. The van der Waals surface area contributed by atoms with Gasteiger partial charge in [-0.15, -0.1) is 0 Å². The Morgan fingerprint density at radius 3 is 2.05 bits per heavy atom. The van der Waals surface area contributed by atoms with Gasteiger partial charge in [0.05, 0.1) is 11.9 Å². The van der Waals surface area contributed by atoms with Crippen molar-refractivity contribution in [2.45, 2.75) is 32.9 Å². The lowest BCUT2D eigenvalue weighted by molar-refractivity contribution is -0.140. The first-order chi connectivity index (χ1) is 18.8. The average Bonchev–Trinajstić information content (AvgIpc) is 2.87. The van der Waals surface area contributed by atoms with Crippen molar-refractivity contribution in [2.75, 3.05) is 23.7 Å². The van der Waals surface area contributed by atoms with Crippen molar-refractivity contribution < 1.29 is 18.0 Å². The molecule has 0 aliphatic heterocycles. The number of hydrogen-bond acceptors (Lipinski definition) is 4. The van der Waals surface area contributed by atoms with Gasteiger partial charge in [0.25, 0.3) is 0 Å². The van der Waals surface area contributed by atoms with Crippen LogP contribution < -0.4 is 9.62 Å². The van der Waals surface area contributed by atoms with Crippen LogP contribution in [-0.4, -0.2) is 50.5 Å². The number of nitrogens with zero attached hydrogens (tertiary/aromatic N) is 2. The van der Waals surface area contributed by atoms with Crippen molar-refractivity contribution >= 4 is 62.3 Å². The molecule has 1 atom stereocenters. The number of nitrogens with one attached hydrogen (secondary N) is 1. The third kappa shape index (κ3) is 9.41. The van der Waals surface area contributed by atoms with Crippen molar-refractivity contribution in [3.63, 3.8) is 0 Å². The SMILES string of the molecule is CC(C)CNC(=O)C(Cc1ccccc1)N(Cc1cccc(Cl)c1)C(=O)CN(c1cc(Cl)cc(Cl)c1)S(C)(=O)=O. The molecule has 3 aromatic rings. The number of halogens is 3. The maximum absolute atomic E-state index is 14.0. The Kier molecular flexibility index (Phi) is 11.3. The van der Waals surface area contributed by atoms with E-state index < -0.39 is 28.5 Å².